The number of nitrogens with one attached hydrogen (secondary N) is 1. The zero-order chi connectivity index (χ0) is 23.9. The van der Waals surface area contributed by atoms with Gasteiger partial charge in [-0.15, -0.1) is 11.3 Å². The van der Waals surface area contributed by atoms with Crippen LogP contribution in [0.15, 0.2) is 78.9 Å². The van der Waals surface area contributed by atoms with Crippen LogP contribution >= 0.6 is 11.3 Å². The second-order valence-corrected chi connectivity index (χ2v) is 9.69. The second-order valence-electron chi connectivity index (χ2n) is 8.63. The van der Waals surface area contributed by atoms with Gasteiger partial charge in [-0.2, -0.15) is 0 Å². The lowest BCUT2D eigenvalue weighted by molar-refractivity contribution is 0.0889. The molecule has 0 bridgehead atoms. The van der Waals surface area contributed by atoms with Crippen molar-refractivity contribution in [1.82, 2.24) is 9.88 Å². The smallest absolute Gasteiger partial charge is 0.321 e. The number of carbonyl (C=O) groups excluding carboxylic acids is 1. The molecule has 0 saturated carbocycles. The van der Waals surface area contributed by atoms with E-state index in [1.807, 2.05) is 65.6 Å². The predicted molar refractivity (Wildman–Crippen MR) is 140 cm³/mol. The van der Waals surface area contributed by atoms with Crippen LogP contribution in [0.1, 0.15) is 29.3 Å². The Kier molecular flexibility index (Phi) is 7.56. The van der Waals surface area contributed by atoms with Crippen molar-refractivity contribution in [3.8, 4) is 5.75 Å². The molecule has 1 fully saturated rings. The molecule has 7 heteroatoms. The summed E-state index contributed by atoms with van der Waals surface area (Å²) in [4.78, 5) is 19.6. The zero-order valence-corrected chi connectivity index (χ0v) is 20.4. The molecular weight excluding hydrogens is 458 g/mol. The van der Waals surface area contributed by atoms with E-state index in [0.717, 1.165) is 48.4 Å². The highest BCUT2D eigenvalue weighted by Crippen LogP contribution is 2.34. The maximum atomic E-state index is 12.9. The van der Waals surface area contributed by atoms with Crippen LogP contribution in [0.5, 0.6) is 5.75 Å². The molecule has 2 amide bonds. The Morgan fingerprint density at radius 3 is 2.60 bits per heavy atom. The van der Waals surface area contributed by atoms with Crippen molar-refractivity contribution >= 4 is 33.3 Å². The van der Waals surface area contributed by atoms with Gasteiger partial charge < -0.3 is 19.7 Å². The average molecular weight is 488 g/mol. The van der Waals surface area contributed by atoms with Gasteiger partial charge >= 0.3 is 6.03 Å². The van der Waals surface area contributed by atoms with Gasteiger partial charge in [-0.1, -0.05) is 42.5 Å². The predicted octanol–water partition coefficient (Wildman–Crippen LogP) is 6.30. The van der Waals surface area contributed by atoms with Crippen LogP contribution in [0, 0.1) is 0 Å². The van der Waals surface area contributed by atoms with Gasteiger partial charge in [0.25, 0.3) is 0 Å². The van der Waals surface area contributed by atoms with Crippen molar-refractivity contribution in [2.75, 3.05) is 31.6 Å². The summed E-state index contributed by atoms with van der Waals surface area (Å²) in [5, 5.41) is 4.23. The van der Waals surface area contributed by atoms with Crippen LogP contribution in [0.4, 0.5) is 10.5 Å². The molecule has 1 aliphatic rings. The number of nitrogens with zero attached hydrogens (tertiary/aromatic N) is 2. The minimum atomic E-state index is -0.0536. The van der Waals surface area contributed by atoms with E-state index in [1.165, 1.54) is 9.71 Å². The standard InChI is InChI=1S/C28H29N3O3S/c32-28(31-15-13-22(14-16-31)27-30-25-11-4-5-12-26(25)35-27)29-23-8-6-7-21(19-23)20-33-17-18-34-24-9-2-1-3-10-24/h1-12,19,22H,13-18,20H2,(H,29,32). The molecule has 1 N–H and O–H groups in total. The summed E-state index contributed by atoms with van der Waals surface area (Å²) in [5.74, 6) is 1.26. The van der Waals surface area contributed by atoms with E-state index in [0.29, 0.717) is 25.7 Å². The monoisotopic (exact) mass is 487 g/mol. The Bertz CT molecular complexity index is 1220. The third kappa shape index (κ3) is 6.18. The SMILES string of the molecule is O=C(Nc1cccc(COCCOc2ccccc2)c1)N1CCC(c2nc3ccccc3s2)CC1. The van der Waals surface area contributed by atoms with Crippen molar-refractivity contribution < 1.29 is 14.3 Å². The van der Waals surface area contributed by atoms with Crippen molar-refractivity contribution in [3.63, 3.8) is 0 Å². The molecule has 3 aromatic carbocycles. The van der Waals surface area contributed by atoms with Crippen molar-refractivity contribution in [3.05, 3.63) is 89.4 Å². The summed E-state index contributed by atoms with van der Waals surface area (Å²) in [7, 11) is 0. The first-order valence-electron chi connectivity index (χ1n) is 12.0. The fourth-order valence-corrected chi connectivity index (χ4v) is 5.40. The van der Waals surface area contributed by atoms with Crippen LogP contribution < -0.4 is 10.1 Å². The Balaban J connectivity index is 1.06. The van der Waals surface area contributed by atoms with E-state index >= 15 is 0 Å². The van der Waals surface area contributed by atoms with Gasteiger partial charge in [0, 0.05) is 24.7 Å². The van der Waals surface area contributed by atoms with E-state index < -0.39 is 0 Å². The highest BCUT2D eigenvalue weighted by Gasteiger charge is 2.26. The highest BCUT2D eigenvalue weighted by molar-refractivity contribution is 7.18. The number of anilines is 1. The number of piperidine rings is 1. The topological polar surface area (TPSA) is 63.7 Å². The Morgan fingerprint density at radius 1 is 0.971 bits per heavy atom. The summed E-state index contributed by atoms with van der Waals surface area (Å²) in [6.07, 6.45) is 1.87. The fraction of sp³-hybridized carbons (Fsp3) is 0.286. The number of amides is 2. The first-order chi connectivity index (χ1) is 17.2. The van der Waals surface area contributed by atoms with Gasteiger partial charge in [-0.3, -0.25) is 0 Å². The Morgan fingerprint density at radius 2 is 1.77 bits per heavy atom. The molecule has 180 valence electrons. The van der Waals surface area contributed by atoms with Crippen LogP contribution in [-0.4, -0.2) is 42.2 Å². The lowest BCUT2D eigenvalue weighted by atomic mass is 9.98. The summed E-state index contributed by atoms with van der Waals surface area (Å²) in [5.41, 5.74) is 2.86. The number of ether oxygens (including phenoxy) is 2. The number of hydrogen-bond acceptors (Lipinski definition) is 5. The zero-order valence-electron chi connectivity index (χ0n) is 19.6. The Labute approximate surface area is 209 Å². The molecule has 6 nitrogen and oxygen atoms in total. The number of rotatable bonds is 8. The molecule has 1 aromatic heterocycles. The van der Waals surface area contributed by atoms with Crippen molar-refractivity contribution in [2.24, 2.45) is 0 Å². The minimum absolute atomic E-state index is 0.0536. The molecule has 1 saturated heterocycles. The van der Waals surface area contributed by atoms with Crippen molar-refractivity contribution in [2.45, 2.75) is 25.4 Å². The van der Waals surface area contributed by atoms with Gasteiger partial charge in [0.05, 0.1) is 28.4 Å². The lowest BCUT2D eigenvalue weighted by Gasteiger charge is -2.31. The van der Waals surface area contributed by atoms with Crippen LogP contribution in [0.3, 0.4) is 0 Å². The number of aromatic nitrogens is 1. The normalized spacial score (nSPS) is 14.2. The second kappa shape index (κ2) is 11.3. The number of thiazole rings is 1. The molecule has 0 atom stereocenters. The molecule has 1 aliphatic heterocycles. The van der Waals surface area contributed by atoms with Crippen LogP contribution in [0.2, 0.25) is 0 Å². The number of likely N-dealkylation sites (tertiary alicyclic amines) is 1. The van der Waals surface area contributed by atoms with E-state index in [4.69, 9.17) is 14.5 Å². The summed E-state index contributed by atoms with van der Waals surface area (Å²) < 4.78 is 12.6. The maximum absolute atomic E-state index is 12.9. The summed E-state index contributed by atoms with van der Waals surface area (Å²) in [6, 6.07) is 25.7. The molecule has 0 radical (unpaired) electrons. The number of benzene rings is 3. The molecule has 0 aliphatic carbocycles. The third-order valence-electron chi connectivity index (χ3n) is 6.13. The first-order valence-corrected chi connectivity index (χ1v) is 12.8. The van der Waals surface area contributed by atoms with E-state index in [-0.39, 0.29) is 6.03 Å². The number of fused-ring (bicyclic) bond motifs is 1. The number of carbonyl (C=O) groups is 1. The summed E-state index contributed by atoms with van der Waals surface area (Å²) in [6.45, 7) is 2.92. The molecule has 2 heterocycles. The molecule has 4 aromatic rings. The molecule has 0 spiro atoms. The van der Waals surface area contributed by atoms with Crippen molar-refractivity contribution in [1.29, 1.82) is 0 Å². The largest absolute Gasteiger partial charge is 0.491 e. The molecule has 5 rings (SSSR count). The Hall–Kier alpha value is -3.42. The van der Waals surface area contributed by atoms with Crippen LogP contribution in [0.25, 0.3) is 10.2 Å². The van der Waals surface area contributed by atoms with Crippen LogP contribution in [-0.2, 0) is 11.3 Å². The van der Waals surface area contributed by atoms with Gasteiger partial charge in [0.1, 0.15) is 12.4 Å². The van der Waals surface area contributed by atoms with Gasteiger partial charge in [-0.05, 0) is 54.8 Å². The lowest BCUT2D eigenvalue weighted by Crippen LogP contribution is -2.40. The maximum Gasteiger partial charge on any atom is 0.321 e. The van der Waals surface area contributed by atoms with E-state index in [9.17, 15) is 4.79 Å². The third-order valence-corrected chi connectivity index (χ3v) is 7.33. The number of para-hydroxylation sites is 2. The summed E-state index contributed by atoms with van der Waals surface area (Å²) >= 11 is 1.78. The average Bonchev–Trinajstić information content (AvgIpc) is 3.34. The van der Waals surface area contributed by atoms with E-state index in [2.05, 4.69) is 23.5 Å². The fourth-order valence-electron chi connectivity index (χ4n) is 4.26. The minimum Gasteiger partial charge on any atom is -0.491 e. The number of hydrogen-bond donors (Lipinski definition) is 1. The quantitative estimate of drug-likeness (QED) is 0.296. The molecular formula is C28H29N3O3S. The van der Waals surface area contributed by atoms with Gasteiger partial charge in [-0.25, -0.2) is 9.78 Å². The first kappa shape index (κ1) is 23.3. The number of urea groups is 1. The highest BCUT2D eigenvalue weighted by atomic mass is 32.1. The van der Waals surface area contributed by atoms with Gasteiger partial charge in [0.15, 0.2) is 0 Å². The molecule has 0 unspecified atom stereocenters. The van der Waals surface area contributed by atoms with E-state index in [1.54, 1.807) is 11.3 Å². The molecule has 35 heavy (non-hydrogen) atoms. The van der Waals surface area contributed by atoms with Gasteiger partial charge in [0.2, 0.25) is 0 Å².